The third-order valence-corrected chi connectivity index (χ3v) is 1.63. The second kappa shape index (κ2) is 3.59. The van der Waals surface area contributed by atoms with Crippen LogP contribution < -0.4 is 11.1 Å². The molecule has 0 spiro atoms. The lowest BCUT2D eigenvalue weighted by molar-refractivity contribution is 0.594. The first kappa shape index (κ1) is 8.89. The minimum atomic E-state index is -0.434. The lowest BCUT2D eigenvalue weighted by atomic mass is 10.4. The summed E-state index contributed by atoms with van der Waals surface area (Å²) in [6.07, 6.45) is 1.08. The number of nitrogens with one attached hydrogen (secondary N) is 1. The maximum absolute atomic E-state index is 12.7. The number of rotatable bonds is 3. The summed E-state index contributed by atoms with van der Waals surface area (Å²) in [6, 6.07) is 1.57. The van der Waals surface area contributed by atoms with Crippen molar-refractivity contribution in [3.63, 3.8) is 0 Å². The Balaban J connectivity index is 2.32. The van der Waals surface area contributed by atoms with Gasteiger partial charge in [0.25, 0.3) is 6.01 Å². The summed E-state index contributed by atoms with van der Waals surface area (Å²) < 4.78 is 17.9. The molecule has 0 aliphatic heterocycles. The van der Waals surface area contributed by atoms with Gasteiger partial charge in [0.15, 0.2) is 0 Å². The summed E-state index contributed by atoms with van der Waals surface area (Å²) in [5, 5.41) is 2.84. The van der Waals surface area contributed by atoms with Crippen molar-refractivity contribution in [1.82, 2.24) is 9.97 Å². The summed E-state index contributed by atoms with van der Waals surface area (Å²) in [6.45, 7) is 1.02. The Bertz CT molecular complexity index is 442. The van der Waals surface area contributed by atoms with E-state index in [9.17, 15) is 4.39 Å². The van der Waals surface area contributed by atoms with Gasteiger partial charge < -0.3 is 15.5 Å². The van der Waals surface area contributed by atoms with E-state index in [1.54, 1.807) is 0 Å². The van der Waals surface area contributed by atoms with Crippen LogP contribution in [-0.2, 0) is 0 Å². The molecule has 0 radical (unpaired) electrons. The molecular formula is C8H9FN4O. The van der Waals surface area contributed by atoms with Crippen molar-refractivity contribution >= 4 is 17.2 Å². The van der Waals surface area contributed by atoms with E-state index in [1.165, 1.54) is 6.07 Å². The summed E-state index contributed by atoms with van der Waals surface area (Å²) in [5.74, 6) is -0.434. The molecule has 0 bridgehead atoms. The third-order valence-electron chi connectivity index (χ3n) is 1.63. The average Bonchev–Trinajstić information content (AvgIpc) is 2.56. The topological polar surface area (TPSA) is 77.0 Å². The molecule has 0 saturated carbocycles. The zero-order valence-electron chi connectivity index (χ0n) is 7.33. The van der Waals surface area contributed by atoms with Gasteiger partial charge in [0.05, 0.1) is 6.20 Å². The highest BCUT2D eigenvalue weighted by Crippen LogP contribution is 2.16. The SMILES string of the molecule is NCCNc1nc2cc(F)cnc2o1. The van der Waals surface area contributed by atoms with E-state index in [1.807, 2.05) is 0 Å². The van der Waals surface area contributed by atoms with Gasteiger partial charge in [-0.3, -0.25) is 0 Å². The zero-order chi connectivity index (χ0) is 9.97. The van der Waals surface area contributed by atoms with Crippen molar-refractivity contribution in [3.05, 3.63) is 18.1 Å². The third kappa shape index (κ3) is 1.64. The number of nitrogens with zero attached hydrogens (tertiary/aromatic N) is 2. The maximum atomic E-state index is 12.7. The smallest absolute Gasteiger partial charge is 0.297 e. The normalized spacial score (nSPS) is 10.7. The molecular weight excluding hydrogens is 187 g/mol. The Morgan fingerprint density at radius 3 is 3.21 bits per heavy atom. The predicted octanol–water partition coefficient (Wildman–Crippen LogP) is 0.732. The Morgan fingerprint density at radius 1 is 1.57 bits per heavy atom. The van der Waals surface area contributed by atoms with Crippen LogP contribution >= 0.6 is 0 Å². The summed E-state index contributed by atoms with van der Waals surface area (Å²) in [5.41, 5.74) is 5.99. The molecule has 2 heterocycles. The number of fused-ring (bicyclic) bond motifs is 1. The van der Waals surface area contributed by atoms with Gasteiger partial charge in [0, 0.05) is 19.2 Å². The van der Waals surface area contributed by atoms with Crippen molar-refractivity contribution in [1.29, 1.82) is 0 Å². The van der Waals surface area contributed by atoms with Crippen LogP contribution in [0.4, 0.5) is 10.4 Å². The van der Waals surface area contributed by atoms with Gasteiger partial charge in [-0.05, 0) is 0 Å². The first-order valence-electron chi connectivity index (χ1n) is 4.15. The molecule has 2 rings (SSSR count). The number of nitrogens with two attached hydrogens (primary N) is 1. The fraction of sp³-hybridized carbons (Fsp3) is 0.250. The Labute approximate surface area is 79.1 Å². The molecule has 14 heavy (non-hydrogen) atoms. The first-order chi connectivity index (χ1) is 6.79. The second-order valence-electron chi connectivity index (χ2n) is 2.71. The molecule has 0 unspecified atom stereocenters. The highest BCUT2D eigenvalue weighted by atomic mass is 19.1. The molecule has 5 nitrogen and oxygen atoms in total. The van der Waals surface area contributed by atoms with Crippen molar-refractivity contribution in [2.24, 2.45) is 5.73 Å². The zero-order valence-corrected chi connectivity index (χ0v) is 7.33. The molecule has 0 aliphatic rings. The fourth-order valence-corrected chi connectivity index (χ4v) is 1.05. The predicted molar refractivity (Wildman–Crippen MR) is 49.3 cm³/mol. The molecule has 0 amide bonds. The van der Waals surface area contributed by atoms with Gasteiger partial charge in [-0.2, -0.15) is 4.98 Å². The standard InChI is InChI=1S/C8H9FN4O/c9-5-3-6-7(12-4-5)14-8(13-6)11-2-1-10/h3-4H,1-2,10H2,(H,11,13). The highest BCUT2D eigenvalue weighted by molar-refractivity contribution is 5.69. The summed E-state index contributed by atoms with van der Waals surface area (Å²) >= 11 is 0. The Kier molecular flexibility index (Phi) is 2.28. The maximum Gasteiger partial charge on any atom is 0.297 e. The van der Waals surface area contributed by atoms with Crippen molar-refractivity contribution < 1.29 is 8.81 Å². The molecule has 2 aromatic heterocycles. The summed E-state index contributed by atoms with van der Waals surface area (Å²) in [7, 11) is 0. The van der Waals surface area contributed by atoms with E-state index < -0.39 is 5.82 Å². The molecule has 2 aromatic rings. The second-order valence-corrected chi connectivity index (χ2v) is 2.71. The number of aromatic nitrogens is 2. The van der Waals surface area contributed by atoms with Crippen molar-refractivity contribution in [2.75, 3.05) is 18.4 Å². The van der Waals surface area contributed by atoms with Crippen LogP contribution in [0.15, 0.2) is 16.7 Å². The lowest BCUT2D eigenvalue weighted by Gasteiger charge is -1.94. The van der Waals surface area contributed by atoms with Gasteiger partial charge in [0.1, 0.15) is 11.3 Å². The molecule has 74 valence electrons. The molecule has 6 heteroatoms. The van der Waals surface area contributed by atoms with Crippen LogP contribution in [-0.4, -0.2) is 23.1 Å². The molecule has 0 atom stereocenters. The van der Waals surface area contributed by atoms with Crippen LogP contribution in [0, 0.1) is 5.82 Å². The van der Waals surface area contributed by atoms with Gasteiger partial charge in [0.2, 0.25) is 5.71 Å². The number of hydrogen-bond donors (Lipinski definition) is 2. The van der Waals surface area contributed by atoms with Gasteiger partial charge in [-0.15, -0.1) is 0 Å². The van der Waals surface area contributed by atoms with E-state index in [2.05, 4.69) is 15.3 Å². The largest absolute Gasteiger partial charge is 0.404 e. The van der Waals surface area contributed by atoms with Crippen molar-refractivity contribution in [2.45, 2.75) is 0 Å². The van der Waals surface area contributed by atoms with E-state index in [4.69, 9.17) is 10.2 Å². The minimum Gasteiger partial charge on any atom is -0.404 e. The van der Waals surface area contributed by atoms with E-state index in [0.717, 1.165) is 6.20 Å². The van der Waals surface area contributed by atoms with E-state index in [0.29, 0.717) is 30.3 Å². The monoisotopic (exact) mass is 196 g/mol. The van der Waals surface area contributed by atoms with Crippen LogP contribution in [0.25, 0.3) is 11.2 Å². The molecule has 3 N–H and O–H groups in total. The van der Waals surface area contributed by atoms with Gasteiger partial charge in [-0.1, -0.05) is 0 Å². The minimum absolute atomic E-state index is 0.309. The highest BCUT2D eigenvalue weighted by Gasteiger charge is 2.06. The van der Waals surface area contributed by atoms with Crippen LogP contribution in [0.1, 0.15) is 0 Å². The fourth-order valence-electron chi connectivity index (χ4n) is 1.05. The van der Waals surface area contributed by atoms with Crippen LogP contribution in [0.5, 0.6) is 0 Å². The van der Waals surface area contributed by atoms with Crippen molar-refractivity contribution in [3.8, 4) is 0 Å². The quantitative estimate of drug-likeness (QED) is 0.756. The Morgan fingerprint density at radius 2 is 2.43 bits per heavy atom. The number of anilines is 1. The lowest BCUT2D eigenvalue weighted by Crippen LogP contribution is -2.13. The number of oxazole rings is 1. The number of pyridine rings is 1. The molecule has 0 aliphatic carbocycles. The molecule has 0 saturated heterocycles. The Hall–Kier alpha value is -1.69. The van der Waals surface area contributed by atoms with Crippen LogP contribution in [0.2, 0.25) is 0 Å². The first-order valence-corrected chi connectivity index (χ1v) is 4.15. The van der Waals surface area contributed by atoms with Gasteiger partial charge in [-0.25, -0.2) is 9.37 Å². The molecule has 0 fully saturated rings. The van der Waals surface area contributed by atoms with Gasteiger partial charge >= 0.3 is 0 Å². The van der Waals surface area contributed by atoms with E-state index >= 15 is 0 Å². The van der Waals surface area contributed by atoms with Crippen LogP contribution in [0.3, 0.4) is 0 Å². The number of halogens is 1. The van der Waals surface area contributed by atoms with E-state index in [-0.39, 0.29) is 0 Å². The molecule has 0 aromatic carbocycles. The number of hydrogen-bond acceptors (Lipinski definition) is 5. The summed E-state index contributed by atoms with van der Waals surface area (Å²) in [4.78, 5) is 7.71. The average molecular weight is 196 g/mol.